The Balaban J connectivity index is 1.80. The monoisotopic (exact) mass is 325 g/mol. The van der Waals surface area contributed by atoms with E-state index in [0.717, 1.165) is 12.8 Å². The Morgan fingerprint density at radius 1 is 1.30 bits per heavy atom. The molecule has 5 nitrogen and oxygen atoms in total. The molecule has 0 spiro atoms. The van der Waals surface area contributed by atoms with Gasteiger partial charge < -0.3 is 14.8 Å². The van der Waals surface area contributed by atoms with Gasteiger partial charge in [-0.15, -0.1) is 0 Å². The molecule has 0 fully saturated rings. The minimum absolute atomic E-state index is 0.0903. The summed E-state index contributed by atoms with van der Waals surface area (Å²) < 4.78 is 33.7. The number of rotatable bonds is 7. The zero-order valence-electron chi connectivity index (χ0n) is 12.3. The fourth-order valence-corrected chi connectivity index (χ4v) is 2.24. The number of allylic oxidation sites excluding steroid dienone is 2. The minimum Gasteiger partial charge on any atom is -0.456 e. The SMILES string of the molecule is O=C(COC(=O)C[C@@H]1C=CCC1)Nc1ccccc1OC(F)F. The summed E-state index contributed by atoms with van der Waals surface area (Å²) in [5.41, 5.74) is 0.0903. The quantitative estimate of drug-likeness (QED) is 0.618. The lowest BCUT2D eigenvalue weighted by Gasteiger charge is -2.12. The van der Waals surface area contributed by atoms with Crippen molar-refractivity contribution in [3.63, 3.8) is 0 Å². The van der Waals surface area contributed by atoms with Gasteiger partial charge in [0, 0.05) is 0 Å². The highest BCUT2D eigenvalue weighted by Gasteiger charge is 2.17. The van der Waals surface area contributed by atoms with Crippen LogP contribution in [0.1, 0.15) is 19.3 Å². The number of para-hydroxylation sites is 2. The van der Waals surface area contributed by atoms with Crippen LogP contribution in [0.5, 0.6) is 5.75 Å². The number of alkyl halides is 2. The van der Waals surface area contributed by atoms with Crippen molar-refractivity contribution in [3.05, 3.63) is 36.4 Å². The van der Waals surface area contributed by atoms with Crippen LogP contribution in [-0.2, 0) is 14.3 Å². The molecule has 0 aliphatic heterocycles. The molecule has 1 aromatic carbocycles. The molecular formula is C16H17F2NO4. The normalized spacial score (nSPS) is 16.4. The Morgan fingerprint density at radius 3 is 2.78 bits per heavy atom. The number of carbonyl (C=O) groups excluding carboxylic acids is 2. The number of carbonyl (C=O) groups is 2. The van der Waals surface area contributed by atoms with Gasteiger partial charge in [-0.05, 0) is 30.9 Å². The van der Waals surface area contributed by atoms with Gasteiger partial charge in [0.15, 0.2) is 6.61 Å². The second-order valence-electron chi connectivity index (χ2n) is 5.05. The maximum atomic E-state index is 12.3. The summed E-state index contributed by atoms with van der Waals surface area (Å²) in [4.78, 5) is 23.4. The molecule has 0 radical (unpaired) electrons. The van der Waals surface area contributed by atoms with Crippen LogP contribution in [0.25, 0.3) is 0 Å². The molecule has 1 aliphatic rings. The third-order valence-corrected chi connectivity index (χ3v) is 3.28. The van der Waals surface area contributed by atoms with Gasteiger partial charge in [-0.3, -0.25) is 9.59 Å². The highest BCUT2D eigenvalue weighted by Crippen LogP contribution is 2.25. The summed E-state index contributed by atoms with van der Waals surface area (Å²) in [6.45, 7) is -3.47. The van der Waals surface area contributed by atoms with E-state index in [9.17, 15) is 18.4 Å². The van der Waals surface area contributed by atoms with E-state index in [1.807, 2.05) is 12.2 Å². The second-order valence-corrected chi connectivity index (χ2v) is 5.05. The Morgan fingerprint density at radius 2 is 2.09 bits per heavy atom. The highest BCUT2D eigenvalue weighted by atomic mass is 19.3. The van der Waals surface area contributed by atoms with Gasteiger partial charge in [0.25, 0.3) is 5.91 Å². The number of esters is 1. The summed E-state index contributed by atoms with van der Waals surface area (Å²) >= 11 is 0. The maximum absolute atomic E-state index is 12.3. The minimum atomic E-state index is -3.00. The molecule has 0 aromatic heterocycles. The largest absolute Gasteiger partial charge is 0.456 e. The molecule has 1 atom stereocenters. The van der Waals surface area contributed by atoms with E-state index in [0.29, 0.717) is 0 Å². The standard InChI is InChI=1S/C16H17F2NO4/c17-16(18)23-13-8-4-3-7-12(13)19-14(20)10-22-15(21)9-11-5-1-2-6-11/h1,3-5,7-8,11,16H,2,6,9-10H2,(H,19,20)/t11-/m1/s1. The van der Waals surface area contributed by atoms with Crippen molar-refractivity contribution >= 4 is 17.6 Å². The predicted molar refractivity (Wildman–Crippen MR) is 79.1 cm³/mol. The topological polar surface area (TPSA) is 64.6 Å². The molecule has 1 aromatic rings. The lowest BCUT2D eigenvalue weighted by Crippen LogP contribution is -2.22. The summed E-state index contributed by atoms with van der Waals surface area (Å²) in [5, 5.41) is 2.38. The van der Waals surface area contributed by atoms with Crippen LogP contribution in [0, 0.1) is 5.92 Å². The first-order valence-corrected chi connectivity index (χ1v) is 7.20. The van der Waals surface area contributed by atoms with Crippen molar-refractivity contribution in [1.82, 2.24) is 0 Å². The van der Waals surface area contributed by atoms with Crippen molar-refractivity contribution in [2.24, 2.45) is 5.92 Å². The van der Waals surface area contributed by atoms with Gasteiger partial charge in [0.05, 0.1) is 12.1 Å². The molecule has 124 valence electrons. The number of halogens is 2. The van der Waals surface area contributed by atoms with Crippen LogP contribution in [-0.4, -0.2) is 25.1 Å². The lowest BCUT2D eigenvalue weighted by atomic mass is 10.1. The molecule has 0 unspecified atom stereocenters. The van der Waals surface area contributed by atoms with Gasteiger partial charge in [0.1, 0.15) is 5.75 Å². The summed E-state index contributed by atoms with van der Waals surface area (Å²) in [7, 11) is 0. The summed E-state index contributed by atoms with van der Waals surface area (Å²) in [6.07, 6.45) is 6.04. The van der Waals surface area contributed by atoms with Gasteiger partial charge in [-0.25, -0.2) is 0 Å². The predicted octanol–water partition coefficient (Wildman–Crippen LogP) is 3.13. The molecule has 23 heavy (non-hydrogen) atoms. The zero-order valence-corrected chi connectivity index (χ0v) is 12.3. The molecule has 0 saturated carbocycles. The Kier molecular flexibility index (Phi) is 6.08. The van der Waals surface area contributed by atoms with Crippen molar-refractivity contribution in [1.29, 1.82) is 0 Å². The fraction of sp³-hybridized carbons (Fsp3) is 0.375. The summed E-state index contributed by atoms with van der Waals surface area (Å²) in [5.74, 6) is -1.08. The number of ether oxygens (including phenoxy) is 2. The van der Waals surface area contributed by atoms with Crippen LogP contribution in [0.2, 0.25) is 0 Å². The van der Waals surface area contributed by atoms with Crippen LogP contribution in [0.3, 0.4) is 0 Å². The zero-order chi connectivity index (χ0) is 16.7. The molecule has 1 N–H and O–H groups in total. The van der Waals surface area contributed by atoms with Crippen molar-refractivity contribution in [2.45, 2.75) is 25.9 Å². The summed E-state index contributed by atoms with van der Waals surface area (Å²) in [6, 6.07) is 5.79. The van der Waals surface area contributed by atoms with Gasteiger partial charge in [0.2, 0.25) is 0 Å². The Labute approximate surface area is 132 Å². The van der Waals surface area contributed by atoms with Crippen molar-refractivity contribution in [2.75, 3.05) is 11.9 Å². The van der Waals surface area contributed by atoms with E-state index in [2.05, 4.69) is 10.1 Å². The van der Waals surface area contributed by atoms with E-state index in [1.165, 1.54) is 18.2 Å². The van der Waals surface area contributed by atoms with E-state index < -0.39 is 25.1 Å². The Bertz CT molecular complexity index is 589. The lowest BCUT2D eigenvalue weighted by molar-refractivity contribution is -0.147. The number of benzene rings is 1. The Hall–Kier alpha value is -2.44. The molecule has 1 aliphatic carbocycles. The number of amides is 1. The van der Waals surface area contributed by atoms with Crippen molar-refractivity contribution < 1.29 is 27.8 Å². The van der Waals surface area contributed by atoms with E-state index in [1.54, 1.807) is 6.07 Å². The first-order valence-electron chi connectivity index (χ1n) is 7.20. The smallest absolute Gasteiger partial charge is 0.387 e. The van der Waals surface area contributed by atoms with E-state index >= 15 is 0 Å². The van der Waals surface area contributed by atoms with E-state index in [4.69, 9.17) is 4.74 Å². The van der Waals surface area contributed by atoms with Gasteiger partial charge >= 0.3 is 12.6 Å². The van der Waals surface area contributed by atoms with Crippen LogP contribution in [0.4, 0.5) is 14.5 Å². The number of nitrogens with one attached hydrogen (secondary N) is 1. The number of anilines is 1. The van der Waals surface area contributed by atoms with Crippen LogP contribution < -0.4 is 10.1 Å². The van der Waals surface area contributed by atoms with Crippen LogP contribution >= 0.6 is 0 Å². The van der Waals surface area contributed by atoms with E-state index in [-0.39, 0.29) is 23.8 Å². The molecule has 1 amide bonds. The molecule has 0 bridgehead atoms. The second kappa shape index (κ2) is 8.26. The molecule has 2 rings (SSSR count). The first kappa shape index (κ1) is 16.9. The van der Waals surface area contributed by atoms with Gasteiger partial charge in [-0.1, -0.05) is 24.3 Å². The molecular weight excluding hydrogens is 308 g/mol. The average Bonchev–Trinajstić information content (AvgIpc) is 2.99. The fourth-order valence-electron chi connectivity index (χ4n) is 2.24. The molecule has 0 saturated heterocycles. The molecule has 7 heteroatoms. The van der Waals surface area contributed by atoms with Crippen molar-refractivity contribution in [3.8, 4) is 5.75 Å². The third kappa shape index (κ3) is 5.69. The number of hydrogen-bond donors (Lipinski definition) is 1. The highest BCUT2D eigenvalue weighted by molar-refractivity contribution is 5.94. The molecule has 0 heterocycles. The maximum Gasteiger partial charge on any atom is 0.387 e. The third-order valence-electron chi connectivity index (χ3n) is 3.28. The average molecular weight is 325 g/mol. The number of hydrogen-bond acceptors (Lipinski definition) is 4. The van der Waals surface area contributed by atoms with Gasteiger partial charge in [-0.2, -0.15) is 8.78 Å². The first-order chi connectivity index (χ1) is 11.0. The van der Waals surface area contributed by atoms with Crippen LogP contribution in [0.15, 0.2) is 36.4 Å².